The van der Waals surface area contributed by atoms with Gasteiger partial charge in [0.25, 0.3) is 0 Å². The summed E-state index contributed by atoms with van der Waals surface area (Å²) in [7, 11) is 0. The van der Waals surface area contributed by atoms with Gasteiger partial charge in [-0.25, -0.2) is 0 Å². The van der Waals surface area contributed by atoms with Crippen molar-refractivity contribution in [3.05, 3.63) is 24.0 Å². The molecule has 2 N–H and O–H groups in total. The van der Waals surface area contributed by atoms with Gasteiger partial charge in [-0.05, 0) is 25.0 Å². The summed E-state index contributed by atoms with van der Waals surface area (Å²) in [5, 5.41) is 18.1. The molecular weight excluding hydrogens is 218 g/mol. The molecule has 0 radical (unpaired) electrons. The van der Waals surface area contributed by atoms with E-state index in [1.807, 2.05) is 17.0 Å². The van der Waals surface area contributed by atoms with Gasteiger partial charge in [-0.15, -0.1) is 0 Å². The van der Waals surface area contributed by atoms with Crippen molar-refractivity contribution in [2.24, 2.45) is 5.92 Å². The first kappa shape index (κ1) is 11.7. The molecule has 0 bridgehead atoms. The zero-order valence-electron chi connectivity index (χ0n) is 9.47. The van der Waals surface area contributed by atoms with Crippen LogP contribution in [-0.2, 0) is 4.79 Å². The Morgan fingerprint density at radius 3 is 2.76 bits per heavy atom. The van der Waals surface area contributed by atoms with E-state index in [1.54, 1.807) is 6.20 Å². The van der Waals surface area contributed by atoms with Crippen molar-refractivity contribution >= 4 is 5.97 Å². The number of carbonyl (C=O) groups is 1. The fourth-order valence-electron chi connectivity index (χ4n) is 2.27. The molecule has 1 aromatic rings. The highest BCUT2D eigenvalue weighted by Gasteiger charge is 2.29. The minimum Gasteiger partial charge on any atom is -0.481 e. The summed E-state index contributed by atoms with van der Waals surface area (Å²) in [5.41, 5.74) is 0.876. The molecule has 0 spiro atoms. The van der Waals surface area contributed by atoms with Crippen LogP contribution in [0, 0.1) is 17.2 Å². The Balaban J connectivity index is 2.00. The van der Waals surface area contributed by atoms with Crippen LogP contribution in [0.1, 0.15) is 24.6 Å². The topological polar surface area (TPSA) is 80.1 Å². The van der Waals surface area contributed by atoms with Gasteiger partial charge in [0.1, 0.15) is 6.04 Å². The highest BCUT2D eigenvalue weighted by Crippen LogP contribution is 2.25. The van der Waals surface area contributed by atoms with Crippen LogP contribution in [0.15, 0.2) is 18.3 Å². The largest absolute Gasteiger partial charge is 0.481 e. The Kier molecular flexibility index (Phi) is 3.45. The number of carboxylic acid groups (broad SMARTS) is 1. The minimum absolute atomic E-state index is 0.255. The van der Waals surface area contributed by atoms with Crippen molar-refractivity contribution in [2.45, 2.75) is 18.9 Å². The Labute approximate surface area is 99.7 Å². The quantitative estimate of drug-likeness (QED) is 0.826. The van der Waals surface area contributed by atoms with Crippen LogP contribution in [0.4, 0.5) is 0 Å². The Morgan fingerprint density at radius 1 is 1.59 bits per heavy atom. The molecule has 1 fully saturated rings. The number of carboxylic acids is 1. The molecule has 1 aliphatic rings. The maximum Gasteiger partial charge on any atom is 0.306 e. The van der Waals surface area contributed by atoms with E-state index in [1.165, 1.54) is 0 Å². The van der Waals surface area contributed by atoms with Gasteiger partial charge in [-0.3, -0.25) is 9.69 Å². The number of aromatic nitrogens is 1. The number of nitriles is 1. The summed E-state index contributed by atoms with van der Waals surface area (Å²) in [5.74, 6) is -0.979. The zero-order valence-corrected chi connectivity index (χ0v) is 9.47. The second kappa shape index (κ2) is 5.02. The molecule has 90 valence electrons. The van der Waals surface area contributed by atoms with Crippen molar-refractivity contribution in [1.82, 2.24) is 9.88 Å². The third kappa shape index (κ3) is 2.48. The number of aromatic amines is 1. The van der Waals surface area contributed by atoms with Crippen LogP contribution in [-0.4, -0.2) is 34.0 Å². The first-order valence-corrected chi connectivity index (χ1v) is 5.72. The number of rotatable bonds is 3. The highest BCUT2D eigenvalue weighted by atomic mass is 16.4. The summed E-state index contributed by atoms with van der Waals surface area (Å²) < 4.78 is 0. The zero-order chi connectivity index (χ0) is 12.3. The highest BCUT2D eigenvalue weighted by molar-refractivity contribution is 5.70. The molecular formula is C12H15N3O2. The Bertz CT molecular complexity index is 413. The van der Waals surface area contributed by atoms with Crippen LogP contribution in [0.2, 0.25) is 0 Å². The molecule has 5 nitrogen and oxygen atoms in total. The smallest absolute Gasteiger partial charge is 0.306 e. The minimum atomic E-state index is -0.724. The normalized spacial score (nSPS) is 19.7. The first-order valence-electron chi connectivity index (χ1n) is 5.72. The van der Waals surface area contributed by atoms with Crippen molar-refractivity contribution in [2.75, 3.05) is 13.1 Å². The third-order valence-electron chi connectivity index (χ3n) is 3.28. The third-order valence-corrected chi connectivity index (χ3v) is 3.28. The van der Waals surface area contributed by atoms with E-state index in [0.29, 0.717) is 25.9 Å². The van der Waals surface area contributed by atoms with Gasteiger partial charge in [0.15, 0.2) is 0 Å². The van der Waals surface area contributed by atoms with Crippen LogP contribution < -0.4 is 0 Å². The number of piperidine rings is 1. The number of hydrogen-bond acceptors (Lipinski definition) is 3. The monoisotopic (exact) mass is 233 g/mol. The van der Waals surface area contributed by atoms with Crippen molar-refractivity contribution in [3.8, 4) is 6.07 Å². The number of likely N-dealkylation sites (tertiary alicyclic amines) is 1. The van der Waals surface area contributed by atoms with Gasteiger partial charge in [0, 0.05) is 25.0 Å². The van der Waals surface area contributed by atoms with Gasteiger partial charge in [-0.2, -0.15) is 5.26 Å². The van der Waals surface area contributed by atoms with E-state index in [9.17, 15) is 10.1 Å². The molecule has 0 amide bonds. The predicted octanol–water partition coefficient (Wildman–Crippen LogP) is 1.38. The van der Waals surface area contributed by atoms with E-state index in [4.69, 9.17) is 5.11 Å². The van der Waals surface area contributed by atoms with E-state index in [2.05, 4.69) is 11.1 Å². The number of H-pyrrole nitrogens is 1. The van der Waals surface area contributed by atoms with Crippen molar-refractivity contribution in [3.63, 3.8) is 0 Å². The van der Waals surface area contributed by atoms with Crippen molar-refractivity contribution < 1.29 is 9.90 Å². The average molecular weight is 233 g/mol. The van der Waals surface area contributed by atoms with Gasteiger partial charge < -0.3 is 10.1 Å². The molecule has 1 saturated heterocycles. The molecule has 0 aromatic carbocycles. The average Bonchev–Trinajstić information content (AvgIpc) is 2.84. The van der Waals surface area contributed by atoms with E-state index in [-0.39, 0.29) is 12.0 Å². The lowest BCUT2D eigenvalue weighted by atomic mass is 9.95. The SMILES string of the molecule is N#CC(c1ccc[nH]1)N1CCC(C(=O)O)CC1. The second-order valence-electron chi connectivity index (χ2n) is 4.31. The molecule has 0 aliphatic carbocycles. The number of hydrogen-bond donors (Lipinski definition) is 2. The molecule has 2 heterocycles. The van der Waals surface area contributed by atoms with Gasteiger partial charge in [0.2, 0.25) is 0 Å². The standard InChI is InChI=1S/C12H15N3O2/c13-8-11(10-2-1-5-14-10)15-6-3-9(4-7-15)12(16)17/h1-2,5,9,11,14H,3-4,6-7H2,(H,16,17). The van der Waals surface area contributed by atoms with E-state index >= 15 is 0 Å². The van der Waals surface area contributed by atoms with Crippen LogP contribution in [0.3, 0.4) is 0 Å². The summed E-state index contributed by atoms with van der Waals surface area (Å²) in [6.07, 6.45) is 3.03. The molecule has 1 unspecified atom stereocenters. The summed E-state index contributed by atoms with van der Waals surface area (Å²) in [6.45, 7) is 1.32. The fraction of sp³-hybridized carbons (Fsp3) is 0.500. The molecule has 1 atom stereocenters. The second-order valence-corrected chi connectivity index (χ2v) is 4.31. The maximum atomic E-state index is 10.8. The van der Waals surface area contributed by atoms with Crippen LogP contribution >= 0.6 is 0 Å². The molecule has 0 saturated carbocycles. The van der Waals surface area contributed by atoms with Gasteiger partial charge in [-0.1, -0.05) is 0 Å². The number of aliphatic carboxylic acids is 1. The molecule has 5 heteroatoms. The predicted molar refractivity (Wildman–Crippen MR) is 61.1 cm³/mol. The molecule has 17 heavy (non-hydrogen) atoms. The lowest BCUT2D eigenvalue weighted by Gasteiger charge is -2.32. The molecule has 1 aromatic heterocycles. The summed E-state index contributed by atoms with van der Waals surface area (Å²) in [6, 6.07) is 5.72. The fourth-order valence-corrected chi connectivity index (χ4v) is 2.27. The van der Waals surface area contributed by atoms with E-state index in [0.717, 1.165) is 5.69 Å². The number of nitrogens with zero attached hydrogens (tertiary/aromatic N) is 2. The maximum absolute atomic E-state index is 10.8. The van der Waals surface area contributed by atoms with Crippen LogP contribution in [0.25, 0.3) is 0 Å². The Hall–Kier alpha value is -1.80. The number of nitrogens with one attached hydrogen (secondary N) is 1. The lowest BCUT2D eigenvalue weighted by molar-refractivity contribution is -0.143. The molecule has 1 aliphatic heterocycles. The molecule has 2 rings (SSSR count). The first-order chi connectivity index (χ1) is 8.22. The summed E-state index contributed by atoms with van der Waals surface area (Å²) >= 11 is 0. The van der Waals surface area contributed by atoms with Gasteiger partial charge in [0.05, 0.1) is 12.0 Å². The van der Waals surface area contributed by atoms with Gasteiger partial charge >= 0.3 is 5.97 Å². The van der Waals surface area contributed by atoms with Crippen molar-refractivity contribution in [1.29, 1.82) is 5.26 Å². The lowest BCUT2D eigenvalue weighted by Crippen LogP contribution is -2.38. The van der Waals surface area contributed by atoms with E-state index < -0.39 is 5.97 Å². The summed E-state index contributed by atoms with van der Waals surface area (Å²) in [4.78, 5) is 15.9. The Morgan fingerprint density at radius 2 is 2.29 bits per heavy atom. The van der Waals surface area contributed by atoms with Crippen LogP contribution in [0.5, 0.6) is 0 Å².